The summed E-state index contributed by atoms with van der Waals surface area (Å²) in [6.45, 7) is 0. The van der Waals surface area contributed by atoms with E-state index in [1.54, 1.807) is 6.07 Å². The molecule has 1 aromatic rings. The van der Waals surface area contributed by atoms with Gasteiger partial charge in [0.25, 0.3) is 0 Å². The molecule has 1 aromatic heterocycles. The SMILES string of the molecule is [2H]c1c(N)nc(C#N)c(O)c1[2H]. The molecule has 0 amide bonds. The molecule has 0 unspecified atom stereocenters. The molecule has 0 aliphatic rings. The summed E-state index contributed by atoms with van der Waals surface area (Å²) in [7, 11) is 0. The second-order valence-electron chi connectivity index (χ2n) is 1.56. The molecule has 1 heterocycles. The molecule has 10 heavy (non-hydrogen) atoms. The number of hydrogen-bond donors (Lipinski definition) is 2. The van der Waals surface area contributed by atoms with Gasteiger partial charge in [-0.2, -0.15) is 5.26 Å². The van der Waals surface area contributed by atoms with Crippen molar-refractivity contribution in [2.75, 3.05) is 5.73 Å². The maximum absolute atomic E-state index is 9.05. The van der Waals surface area contributed by atoms with Crippen molar-refractivity contribution >= 4 is 5.82 Å². The summed E-state index contributed by atoms with van der Waals surface area (Å²) in [5.41, 5.74) is 4.86. The average molecular weight is 137 g/mol. The van der Waals surface area contributed by atoms with Crippen molar-refractivity contribution in [2.24, 2.45) is 0 Å². The van der Waals surface area contributed by atoms with Crippen LogP contribution in [0.4, 0.5) is 5.82 Å². The topological polar surface area (TPSA) is 82.9 Å². The highest BCUT2D eigenvalue weighted by Gasteiger charge is 1.99. The highest BCUT2D eigenvalue weighted by molar-refractivity contribution is 5.42. The summed E-state index contributed by atoms with van der Waals surface area (Å²) in [6, 6.07) is 0.718. The average Bonchev–Trinajstić information content (AvgIpc) is 2.08. The fourth-order valence-electron chi connectivity index (χ4n) is 0.462. The van der Waals surface area contributed by atoms with Crippen LogP contribution in [0.25, 0.3) is 0 Å². The van der Waals surface area contributed by atoms with Crippen LogP contribution in [-0.4, -0.2) is 10.1 Å². The van der Waals surface area contributed by atoms with Crippen LogP contribution in [0.2, 0.25) is 0 Å². The number of nitrogen functional groups attached to an aromatic ring is 1. The molecular weight excluding hydrogens is 130 g/mol. The first kappa shape index (κ1) is 4.12. The van der Waals surface area contributed by atoms with Gasteiger partial charge in [0, 0.05) is 0 Å². The Morgan fingerprint density at radius 2 is 2.50 bits per heavy atom. The Morgan fingerprint density at radius 1 is 1.80 bits per heavy atom. The second kappa shape index (κ2) is 2.23. The number of aromatic hydroxyl groups is 1. The Bertz CT molecular complexity index is 372. The van der Waals surface area contributed by atoms with Crippen molar-refractivity contribution in [1.82, 2.24) is 4.98 Å². The van der Waals surface area contributed by atoms with Crippen LogP contribution >= 0.6 is 0 Å². The van der Waals surface area contributed by atoms with Gasteiger partial charge in [-0.15, -0.1) is 0 Å². The molecule has 3 N–H and O–H groups in total. The number of nitriles is 1. The van der Waals surface area contributed by atoms with Crippen LogP contribution in [0.15, 0.2) is 12.1 Å². The second-order valence-corrected chi connectivity index (χ2v) is 1.56. The lowest BCUT2D eigenvalue weighted by molar-refractivity contribution is 0.471. The normalized spacial score (nSPS) is 11.5. The Balaban J connectivity index is 3.52. The number of rotatable bonds is 0. The number of nitrogens with two attached hydrogens (primary N) is 1. The standard InChI is InChI=1S/C6H5N3O/c7-3-4-5(10)1-2-6(8)9-4/h1-2,10H,(H2,8,9)/i1D,2D. The number of pyridine rings is 1. The van der Waals surface area contributed by atoms with Gasteiger partial charge < -0.3 is 10.8 Å². The maximum atomic E-state index is 9.05. The van der Waals surface area contributed by atoms with E-state index in [0.717, 1.165) is 0 Å². The van der Waals surface area contributed by atoms with Crippen LogP contribution in [0.3, 0.4) is 0 Å². The fourth-order valence-corrected chi connectivity index (χ4v) is 0.462. The predicted molar refractivity (Wildman–Crippen MR) is 35.0 cm³/mol. The molecule has 0 atom stereocenters. The lowest BCUT2D eigenvalue weighted by atomic mass is 10.3. The van der Waals surface area contributed by atoms with Crippen LogP contribution in [0, 0.1) is 11.3 Å². The van der Waals surface area contributed by atoms with Crippen LogP contribution in [-0.2, 0) is 0 Å². The molecule has 0 saturated heterocycles. The Morgan fingerprint density at radius 3 is 3.10 bits per heavy atom. The predicted octanol–water partition coefficient (Wildman–Crippen LogP) is 0.241. The molecular formula is C6H5N3O. The van der Waals surface area contributed by atoms with E-state index in [9.17, 15) is 0 Å². The first-order valence-corrected chi connectivity index (χ1v) is 2.43. The van der Waals surface area contributed by atoms with Crippen LogP contribution in [0.5, 0.6) is 5.75 Å². The number of aromatic nitrogens is 1. The molecule has 4 nitrogen and oxygen atoms in total. The molecule has 0 aliphatic carbocycles. The van der Waals surface area contributed by atoms with Gasteiger partial charge in [-0.3, -0.25) is 0 Å². The van der Waals surface area contributed by atoms with Crippen molar-refractivity contribution in [3.05, 3.63) is 17.8 Å². The zero-order valence-corrected chi connectivity index (χ0v) is 4.92. The lowest BCUT2D eigenvalue weighted by Crippen LogP contribution is -1.91. The van der Waals surface area contributed by atoms with E-state index in [0.29, 0.717) is 0 Å². The van der Waals surface area contributed by atoms with Gasteiger partial charge in [-0.05, 0) is 12.1 Å². The summed E-state index contributed by atoms with van der Waals surface area (Å²) < 4.78 is 14.2. The highest BCUT2D eigenvalue weighted by atomic mass is 16.3. The maximum Gasteiger partial charge on any atom is 0.184 e. The minimum Gasteiger partial charge on any atom is -0.505 e. The molecule has 4 heteroatoms. The van der Waals surface area contributed by atoms with Crippen molar-refractivity contribution < 1.29 is 7.85 Å². The Labute approximate surface area is 60.4 Å². The molecule has 0 fully saturated rings. The molecule has 0 spiro atoms. The lowest BCUT2D eigenvalue weighted by Gasteiger charge is -1.94. The summed E-state index contributed by atoms with van der Waals surface area (Å²) in [5.74, 6) is -0.828. The molecule has 0 bridgehead atoms. The molecule has 0 aliphatic heterocycles. The number of nitrogens with zero attached hydrogens (tertiary/aromatic N) is 2. The van der Waals surface area contributed by atoms with Gasteiger partial charge in [-0.1, -0.05) is 0 Å². The minimum atomic E-state index is -0.600. The number of anilines is 1. The van der Waals surface area contributed by atoms with E-state index in [1.807, 2.05) is 0 Å². The zero-order chi connectivity index (χ0) is 9.30. The number of hydrogen-bond acceptors (Lipinski definition) is 4. The van der Waals surface area contributed by atoms with E-state index in [2.05, 4.69) is 4.98 Å². The van der Waals surface area contributed by atoms with E-state index in [1.165, 1.54) is 0 Å². The first-order chi connectivity index (χ1) is 5.57. The third kappa shape index (κ3) is 0.977. The molecule has 50 valence electrons. The smallest absolute Gasteiger partial charge is 0.184 e. The molecule has 0 aromatic carbocycles. The van der Waals surface area contributed by atoms with Gasteiger partial charge in [0.1, 0.15) is 11.9 Å². The fraction of sp³-hybridized carbons (Fsp3) is 0. The molecule has 1 rings (SSSR count). The van der Waals surface area contributed by atoms with Crippen molar-refractivity contribution in [3.63, 3.8) is 0 Å². The van der Waals surface area contributed by atoms with E-state index >= 15 is 0 Å². The quantitative estimate of drug-likeness (QED) is 0.536. The monoisotopic (exact) mass is 137 g/mol. The first-order valence-electron chi connectivity index (χ1n) is 3.43. The van der Waals surface area contributed by atoms with E-state index in [4.69, 9.17) is 18.8 Å². The van der Waals surface area contributed by atoms with Crippen molar-refractivity contribution in [2.45, 2.75) is 0 Å². The summed E-state index contributed by atoms with van der Waals surface area (Å²) in [4.78, 5) is 3.41. The van der Waals surface area contributed by atoms with Gasteiger partial charge in [0.15, 0.2) is 11.4 Å². The van der Waals surface area contributed by atoms with Crippen LogP contribution < -0.4 is 5.73 Å². The van der Waals surface area contributed by atoms with Crippen molar-refractivity contribution in [1.29, 1.82) is 5.26 Å². The largest absolute Gasteiger partial charge is 0.505 e. The van der Waals surface area contributed by atoms with Gasteiger partial charge >= 0.3 is 0 Å². The van der Waals surface area contributed by atoms with Crippen molar-refractivity contribution in [3.8, 4) is 11.8 Å². The van der Waals surface area contributed by atoms with Crippen LogP contribution in [0.1, 0.15) is 8.44 Å². The molecule has 0 saturated carbocycles. The van der Waals surface area contributed by atoms with E-state index < -0.39 is 11.8 Å². The van der Waals surface area contributed by atoms with Gasteiger partial charge in [0.2, 0.25) is 0 Å². The summed E-state index contributed by atoms with van der Waals surface area (Å²) in [6.07, 6.45) is 0. The Hall–Kier alpha value is -1.76. The highest BCUT2D eigenvalue weighted by Crippen LogP contribution is 2.13. The summed E-state index contributed by atoms with van der Waals surface area (Å²) >= 11 is 0. The molecule has 0 radical (unpaired) electrons. The van der Waals surface area contributed by atoms with Gasteiger partial charge in [0.05, 0.1) is 2.74 Å². The summed E-state index contributed by atoms with van der Waals surface area (Å²) in [5, 5.41) is 17.4. The van der Waals surface area contributed by atoms with E-state index in [-0.39, 0.29) is 17.6 Å². The third-order valence-corrected chi connectivity index (χ3v) is 0.871. The van der Waals surface area contributed by atoms with Gasteiger partial charge in [-0.25, -0.2) is 4.98 Å². The zero-order valence-electron chi connectivity index (χ0n) is 6.92. The third-order valence-electron chi connectivity index (χ3n) is 0.871. The minimum absolute atomic E-state index is 0.227. The Kier molecular flexibility index (Phi) is 0.919.